The SMILES string of the molecule is CCC(C)n1ccc(CC(CO)(CO)C2CCCC2)n1. The van der Waals surface area contributed by atoms with Crippen LogP contribution in [-0.4, -0.2) is 33.2 Å². The minimum atomic E-state index is -0.398. The van der Waals surface area contributed by atoms with E-state index in [0.29, 0.717) is 18.4 Å². The van der Waals surface area contributed by atoms with Gasteiger partial charge in [-0.15, -0.1) is 0 Å². The van der Waals surface area contributed by atoms with Crippen molar-refractivity contribution in [3.63, 3.8) is 0 Å². The molecule has 0 aliphatic heterocycles. The first-order valence-corrected chi connectivity index (χ1v) is 7.91. The summed E-state index contributed by atoms with van der Waals surface area (Å²) >= 11 is 0. The summed E-state index contributed by atoms with van der Waals surface area (Å²) in [7, 11) is 0. The summed E-state index contributed by atoms with van der Waals surface area (Å²) in [5.74, 6) is 0.422. The lowest BCUT2D eigenvalue weighted by Crippen LogP contribution is -2.39. The molecule has 1 fully saturated rings. The van der Waals surface area contributed by atoms with E-state index in [1.165, 1.54) is 12.8 Å². The Morgan fingerprint density at radius 3 is 2.55 bits per heavy atom. The number of hydrogen-bond acceptors (Lipinski definition) is 3. The van der Waals surface area contributed by atoms with Crippen molar-refractivity contribution in [3.8, 4) is 0 Å². The van der Waals surface area contributed by atoms with Crippen LogP contribution in [0.1, 0.15) is 57.7 Å². The smallest absolute Gasteiger partial charge is 0.0632 e. The molecule has 1 heterocycles. The first-order chi connectivity index (χ1) is 9.65. The zero-order valence-corrected chi connectivity index (χ0v) is 12.8. The standard InChI is InChI=1S/C16H28N2O2/c1-3-13(2)18-9-8-15(17-18)10-16(11-19,12-20)14-6-4-5-7-14/h8-9,13-14,19-20H,3-7,10-12H2,1-2H3. The highest BCUT2D eigenvalue weighted by molar-refractivity contribution is 5.06. The number of nitrogens with zero attached hydrogens (tertiary/aromatic N) is 2. The van der Waals surface area contributed by atoms with Crippen LogP contribution < -0.4 is 0 Å². The minimum absolute atomic E-state index is 0.0460. The topological polar surface area (TPSA) is 58.3 Å². The monoisotopic (exact) mass is 280 g/mol. The molecule has 0 spiro atoms. The molecule has 1 aromatic heterocycles. The van der Waals surface area contributed by atoms with Crippen LogP contribution in [0.5, 0.6) is 0 Å². The van der Waals surface area contributed by atoms with E-state index < -0.39 is 5.41 Å². The molecule has 0 radical (unpaired) electrons. The van der Waals surface area contributed by atoms with Gasteiger partial charge in [0.05, 0.1) is 18.9 Å². The van der Waals surface area contributed by atoms with Gasteiger partial charge in [0.2, 0.25) is 0 Å². The molecule has 1 atom stereocenters. The lowest BCUT2D eigenvalue weighted by atomic mass is 9.72. The Bertz CT molecular complexity index is 406. The van der Waals surface area contributed by atoms with Crippen LogP contribution >= 0.6 is 0 Å². The normalized spacial score (nSPS) is 18.6. The average molecular weight is 280 g/mol. The van der Waals surface area contributed by atoms with Crippen LogP contribution in [0, 0.1) is 11.3 Å². The minimum Gasteiger partial charge on any atom is -0.396 e. The Kier molecular flexibility index (Phi) is 5.22. The number of aromatic nitrogens is 2. The highest BCUT2D eigenvalue weighted by Gasteiger charge is 2.40. The summed E-state index contributed by atoms with van der Waals surface area (Å²) in [6, 6.07) is 2.43. The molecule has 114 valence electrons. The summed E-state index contributed by atoms with van der Waals surface area (Å²) in [5.41, 5.74) is 0.589. The van der Waals surface area contributed by atoms with Gasteiger partial charge in [0.1, 0.15) is 0 Å². The van der Waals surface area contributed by atoms with E-state index in [9.17, 15) is 10.2 Å². The van der Waals surface area contributed by atoms with E-state index >= 15 is 0 Å². The molecule has 0 saturated heterocycles. The number of hydrogen-bond donors (Lipinski definition) is 2. The van der Waals surface area contributed by atoms with Crippen LogP contribution in [0.2, 0.25) is 0 Å². The lowest BCUT2D eigenvalue weighted by Gasteiger charge is -2.35. The third kappa shape index (κ3) is 3.07. The summed E-state index contributed by atoms with van der Waals surface area (Å²) in [4.78, 5) is 0. The molecule has 0 bridgehead atoms. The lowest BCUT2D eigenvalue weighted by molar-refractivity contribution is 0.00483. The Hall–Kier alpha value is -0.870. The highest BCUT2D eigenvalue weighted by Crippen LogP contribution is 2.41. The van der Waals surface area contributed by atoms with Gasteiger partial charge in [-0.05, 0) is 38.2 Å². The van der Waals surface area contributed by atoms with Gasteiger partial charge in [0.25, 0.3) is 0 Å². The maximum atomic E-state index is 9.87. The number of aliphatic hydroxyl groups excluding tert-OH is 2. The van der Waals surface area contributed by atoms with Crippen LogP contribution in [0.4, 0.5) is 0 Å². The van der Waals surface area contributed by atoms with Crippen molar-refractivity contribution >= 4 is 0 Å². The quantitative estimate of drug-likeness (QED) is 0.807. The van der Waals surface area contributed by atoms with Gasteiger partial charge in [-0.2, -0.15) is 5.10 Å². The third-order valence-electron chi connectivity index (χ3n) is 5.09. The summed E-state index contributed by atoms with van der Waals surface area (Å²) < 4.78 is 1.99. The molecule has 20 heavy (non-hydrogen) atoms. The van der Waals surface area contributed by atoms with E-state index in [0.717, 1.165) is 25.0 Å². The maximum absolute atomic E-state index is 9.87. The van der Waals surface area contributed by atoms with Gasteiger partial charge in [-0.1, -0.05) is 19.8 Å². The molecular formula is C16H28N2O2. The van der Waals surface area contributed by atoms with E-state index in [1.807, 2.05) is 16.9 Å². The van der Waals surface area contributed by atoms with Gasteiger partial charge in [-0.25, -0.2) is 0 Å². The zero-order chi connectivity index (χ0) is 14.6. The summed E-state index contributed by atoms with van der Waals surface area (Å²) in [5, 5.41) is 24.4. The maximum Gasteiger partial charge on any atom is 0.0632 e. The molecule has 1 saturated carbocycles. The van der Waals surface area contributed by atoms with Gasteiger partial charge < -0.3 is 10.2 Å². The Labute approximate surface area is 121 Å². The molecular weight excluding hydrogens is 252 g/mol. The van der Waals surface area contributed by atoms with Crippen molar-refractivity contribution in [1.82, 2.24) is 9.78 Å². The van der Waals surface area contributed by atoms with E-state index in [-0.39, 0.29) is 13.2 Å². The van der Waals surface area contributed by atoms with Crippen molar-refractivity contribution in [1.29, 1.82) is 0 Å². The molecule has 1 aliphatic rings. The van der Waals surface area contributed by atoms with Gasteiger partial charge >= 0.3 is 0 Å². The number of rotatable bonds is 7. The fourth-order valence-corrected chi connectivity index (χ4v) is 3.37. The highest BCUT2D eigenvalue weighted by atomic mass is 16.3. The molecule has 2 N–H and O–H groups in total. The fraction of sp³-hybridized carbons (Fsp3) is 0.812. The average Bonchev–Trinajstić information content (AvgIpc) is 3.15. The van der Waals surface area contributed by atoms with Crippen LogP contribution in [0.3, 0.4) is 0 Å². The first-order valence-electron chi connectivity index (χ1n) is 7.91. The van der Waals surface area contributed by atoms with Crippen LogP contribution in [-0.2, 0) is 6.42 Å². The van der Waals surface area contributed by atoms with E-state index in [4.69, 9.17) is 0 Å². The summed E-state index contributed by atoms with van der Waals surface area (Å²) in [6.45, 7) is 4.39. The molecule has 0 amide bonds. The van der Waals surface area contributed by atoms with Crippen molar-refractivity contribution in [3.05, 3.63) is 18.0 Å². The van der Waals surface area contributed by atoms with Gasteiger partial charge in [-0.3, -0.25) is 4.68 Å². The van der Waals surface area contributed by atoms with Crippen molar-refractivity contribution in [2.24, 2.45) is 11.3 Å². The second kappa shape index (κ2) is 6.72. The molecule has 1 unspecified atom stereocenters. The van der Waals surface area contributed by atoms with Gasteiger partial charge in [0, 0.05) is 24.1 Å². The Morgan fingerprint density at radius 2 is 2.00 bits per heavy atom. The Morgan fingerprint density at radius 1 is 1.35 bits per heavy atom. The first kappa shape index (κ1) is 15.5. The van der Waals surface area contributed by atoms with Crippen molar-refractivity contribution in [2.45, 2.75) is 58.4 Å². The molecule has 0 aromatic carbocycles. The second-order valence-electron chi connectivity index (χ2n) is 6.38. The summed E-state index contributed by atoms with van der Waals surface area (Å²) in [6.07, 6.45) is 8.41. The van der Waals surface area contributed by atoms with Crippen molar-refractivity contribution < 1.29 is 10.2 Å². The molecule has 4 heteroatoms. The van der Waals surface area contributed by atoms with Crippen LogP contribution in [0.25, 0.3) is 0 Å². The van der Waals surface area contributed by atoms with E-state index in [2.05, 4.69) is 18.9 Å². The largest absolute Gasteiger partial charge is 0.396 e. The zero-order valence-electron chi connectivity index (χ0n) is 12.8. The second-order valence-corrected chi connectivity index (χ2v) is 6.38. The number of aliphatic hydroxyl groups is 2. The fourth-order valence-electron chi connectivity index (χ4n) is 3.37. The molecule has 4 nitrogen and oxygen atoms in total. The molecule has 1 aromatic rings. The predicted molar refractivity (Wildman–Crippen MR) is 79.5 cm³/mol. The van der Waals surface area contributed by atoms with E-state index in [1.54, 1.807) is 0 Å². The molecule has 1 aliphatic carbocycles. The third-order valence-corrected chi connectivity index (χ3v) is 5.09. The van der Waals surface area contributed by atoms with Crippen LogP contribution in [0.15, 0.2) is 12.3 Å². The van der Waals surface area contributed by atoms with Crippen molar-refractivity contribution in [2.75, 3.05) is 13.2 Å². The predicted octanol–water partition coefficient (Wildman–Crippen LogP) is 2.56. The van der Waals surface area contributed by atoms with Gasteiger partial charge in [0.15, 0.2) is 0 Å². The Balaban J connectivity index is 2.13. The molecule has 2 rings (SSSR count).